The van der Waals surface area contributed by atoms with Gasteiger partial charge >= 0.3 is 0 Å². The average Bonchev–Trinajstić information content (AvgIpc) is 3.18. The number of nitrogens with zero attached hydrogens (tertiary/aromatic N) is 4. The molecule has 1 aliphatic heterocycles. The Morgan fingerprint density at radius 2 is 1.97 bits per heavy atom. The molecule has 0 fully saturated rings. The van der Waals surface area contributed by atoms with Gasteiger partial charge in [-0.3, -0.25) is 8.87 Å². The highest BCUT2D eigenvalue weighted by Gasteiger charge is 2.26. The third kappa shape index (κ3) is 4.80. The lowest BCUT2D eigenvalue weighted by Gasteiger charge is -2.23. The first-order chi connectivity index (χ1) is 14.1. The fraction of sp³-hybridized carbons (Fsp3) is 0.368. The van der Waals surface area contributed by atoms with E-state index >= 15 is 0 Å². The molecule has 0 unspecified atom stereocenters. The molecule has 1 aromatic carbocycles. The highest BCUT2D eigenvalue weighted by molar-refractivity contribution is 14.2. The number of hydrogen-bond donors (Lipinski definition) is 1. The first kappa shape index (κ1) is 22.2. The van der Waals surface area contributed by atoms with E-state index in [1.54, 1.807) is 35.1 Å². The summed E-state index contributed by atoms with van der Waals surface area (Å²) in [7, 11) is 5.09. The Hall–Kier alpha value is -1.53. The van der Waals surface area contributed by atoms with Crippen molar-refractivity contribution in [1.82, 2.24) is 20.1 Å². The number of dihydropyridines is 1. The van der Waals surface area contributed by atoms with E-state index in [4.69, 9.17) is 9.47 Å². The van der Waals surface area contributed by atoms with Gasteiger partial charge in [0.15, 0.2) is 5.82 Å². The number of aromatic nitrogens is 3. The predicted molar refractivity (Wildman–Crippen MR) is 132 cm³/mol. The van der Waals surface area contributed by atoms with Crippen LogP contribution >= 0.6 is 42.1 Å². The zero-order valence-electron chi connectivity index (χ0n) is 16.8. The van der Waals surface area contributed by atoms with E-state index in [1.165, 1.54) is 5.57 Å². The number of rotatable bonds is 9. The van der Waals surface area contributed by atoms with Gasteiger partial charge in [0, 0.05) is 36.9 Å². The third-order valence-corrected chi connectivity index (χ3v) is 6.83. The fourth-order valence-electron chi connectivity index (χ4n) is 3.08. The molecule has 0 aliphatic carbocycles. The van der Waals surface area contributed by atoms with Gasteiger partial charge in [0.05, 0.1) is 14.2 Å². The summed E-state index contributed by atoms with van der Waals surface area (Å²) in [5.41, 5.74) is 2.98. The topological polar surface area (TPSA) is 64.4 Å². The van der Waals surface area contributed by atoms with Crippen LogP contribution in [0, 0.1) is 0 Å². The Balaban J connectivity index is 2.25. The van der Waals surface area contributed by atoms with Gasteiger partial charge in [0.2, 0.25) is 5.95 Å². The largest absolute Gasteiger partial charge is 0.494 e. The molecule has 0 saturated carbocycles. The standard InChI is InChI=1S/C19H24IN5O2S2/c1-13-10-14(12-21-11-13)18-22-23-19(24(28-4)8-9-29-20)25(18)17-15(26-2)6-5-7-16(17)27-3/h5-7,10,12,21H,8-9,11H2,1-4H3. The number of anilines is 1. The van der Waals surface area contributed by atoms with Gasteiger partial charge in [-0.15, -0.1) is 10.2 Å². The minimum Gasteiger partial charge on any atom is -0.494 e. The van der Waals surface area contributed by atoms with Crippen LogP contribution in [0.2, 0.25) is 0 Å². The summed E-state index contributed by atoms with van der Waals surface area (Å²) < 4.78 is 15.5. The lowest BCUT2D eigenvalue weighted by atomic mass is 10.1. The molecular formula is C19H24IN5O2S2. The molecule has 0 saturated heterocycles. The van der Waals surface area contributed by atoms with Crippen molar-refractivity contribution in [3.05, 3.63) is 41.9 Å². The number of allylic oxidation sites excluding steroid dienone is 2. The van der Waals surface area contributed by atoms with E-state index in [-0.39, 0.29) is 0 Å². The van der Waals surface area contributed by atoms with Crippen molar-refractivity contribution in [2.45, 2.75) is 6.92 Å². The Kier molecular flexibility index (Phi) is 8.01. The van der Waals surface area contributed by atoms with Gasteiger partial charge < -0.3 is 14.8 Å². The molecule has 0 amide bonds. The molecule has 0 radical (unpaired) electrons. The maximum absolute atomic E-state index is 5.69. The van der Waals surface area contributed by atoms with Crippen molar-refractivity contribution in [1.29, 1.82) is 0 Å². The fourth-order valence-corrected chi connectivity index (χ4v) is 4.60. The minimum atomic E-state index is 0.695. The van der Waals surface area contributed by atoms with E-state index in [2.05, 4.69) is 54.0 Å². The summed E-state index contributed by atoms with van der Waals surface area (Å²) in [4.78, 5) is 0. The summed E-state index contributed by atoms with van der Waals surface area (Å²) in [6, 6.07) is 5.75. The molecule has 0 spiro atoms. The van der Waals surface area contributed by atoms with Crippen molar-refractivity contribution < 1.29 is 9.47 Å². The molecule has 0 bridgehead atoms. The number of para-hydroxylation sites is 1. The van der Waals surface area contributed by atoms with Crippen molar-refractivity contribution in [2.24, 2.45) is 0 Å². The second kappa shape index (κ2) is 10.5. The zero-order chi connectivity index (χ0) is 20.8. The van der Waals surface area contributed by atoms with Crippen molar-refractivity contribution >= 4 is 53.6 Å². The smallest absolute Gasteiger partial charge is 0.242 e. The molecule has 2 aromatic rings. The lowest BCUT2D eigenvalue weighted by molar-refractivity contribution is 0.391. The quantitative estimate of drug-likeness (QED) is 0.369. The van der Waals surface area contributed by atoms with Gasteiger partial charge in [-0.05, 0) is 46.3 Å². The summed E-state index contributed by atoms with van der Waals surface area (Å²) >= 11 is 3.94. The van der Waals surface area contributed by atoms with E-state index < -0.39 is 0 Å². The highest BCUT2D eigenvalue weighted by atomic mass is 127. The van der Waals surface area contributed by atoms with E-state index in [9.17, 15) is 0 Å². The van der Waals surface area contributed by atoms with Crippen LogP contribution in [0.3, 0.4) is 0 Å². The molecule has 1 aromatic heterocycles. The van der Waals surface area contributed by atoms with Crippen molar-refractivity contribution in [3.8, 4) is 17.2 Å². The van der Waals surface area contributed by atoms with Crippen LogP contribution in [0.4, 0.5) is 5.95 Å². The second-order valence-corrected chi connectivity index (χ2v) is 9.54. The van der Waals surface area contributed by atoms with Crippen LogP contribution in [0.1, 0.15) is 12.7 Å². The summed E-state index contributed by atoms with van der Waals surface area (Å²) in [6.07, 6.45) is 6.15. The van der Waals surface area contributed by atoms with Gasteiger partial charge in [0.25, 0.3) is 0 Å². The van der Waals surface area contributed by atoms with Crippen LogP contribution in [0.15, 0.2) is 36.0 Å². The average molecular weight is 545 g/mol. The molecule has 10 heteroatoms. The first-order valence-corrected chi connectivity index (χ1v) is 13.7. The number of ether oxygens (including phenoxy) is 2. The molecule has 1 aliphatic rings. The normalized spacial score (nSPS) is 13.4. The molecule has 156 valence electrons. The Labute approximate surface area is 192 Å². The van der Waals surface area contributed by atoms with E-state index in [0.29, 0.717) is 11.5 Å². The molecule has 1 N–H and O–H groups in total. The lowest BCUT2D eigenvalue weighted by Crippen LogP contribution is -2.22. The Morgan fingerprint density at radius 1 is 1.24 bits per heavy atom. The molecule has 7 nitrogen and oxygen atoms in total. The molecular weight excluding hydrogens is 521 g/mol. The van der Waals surface area contributed by atoms with Crippen molar-refractivity contribution in [3.63, 3.8) is 0 Å². The molecule has 2 heterocycles. The maximum atomic E-state index is 5.69. The van der Waals surface area contributed by atoms with Crippen LogP contribution in [0.25, 0.3) is 11.3 Å². The van der Waals surface area contributed by atoms with Gasteiger partial charge in [-0.25, -0.2) is 0 Å². The number of halogens is 1. The Morgan fingerprint density at radius 3 is 2.55 bits per heavy atom. The zero-order valence-corrected chi connectivity index (χ0v) is 20.6. The molecule has 29 heavy (non-hydrogen) atoms. The minimum absolute atomic E-state index is 0.695. The number of nitrogens with one attached hydrogen (secondary N) is 1. The van der Waals surface area contributed by atoms with Crippen LogP contribution in [-0.2, 0) is 0 Å². The van der Waals surface area contributed by atoms with Gasteiger partial charge in [-0.2, -0.15) is 0 Å². The molecule has 3 rings (SSSR count). The molecule has 0 atom stereocenters. The van der Waals surface area contributed by atoms with Crippen LogP contribution in [0.5, 0.6) is 11.5 Å². The van der Waals surface area contributed by atoms with E-state index in [0.717, 1.165) is 41.9 Å². The van der Waals surface area contributed by atoms with Crippen molar-refractivity contribution in [2.75, 3.05) is 43.6 Å². The van der Waals surface area contributed by atoms with E-state index in [1.807, 2.05) is 35.2 Å². The highest BCUT2D eigenvalue weighted by Crippen LogP contribution is 2.38. The first-order valence-electron chi connectivity index (χ1n) is 8.97. The Bertz CT molecular complexity index is 894. The number of benzene rings is 1. The predicted octanol–water partition coefficient (Wildman–Crippen LogP) is 4.34. The van der Waals surface area contributed by atoms with Crippen LogP contribution in [-0.4, -0.2) is 54.1 Å². The van der Waals surface area contributed by atoms with Crippen LogP contribution < -0.4 is 19.1 Å². The SMILES string of the molecule is COc1cccc(OC)c1-n1c(C2=CNCC(C)=C2)nnc1N(CCSI)SC. The van der Waals surface area contributed by atoms with Gasteiger partial charge in [0.1, 0.15) is 17.2 Å². The maximum Gasteiger partial charge on any atom is 0.242 e. The number of methoxy groups -OCH3 is 2. The second-order valence-electron chi connectivity index (χ2n) is 6.24. The summed E-state index contributed by atoms with van der Waals surface area (Å²) in [5.74, 6) is 3.83. The summed E-state index contributed by atoms with van der Waals surface area (Å²) in [6.45, 7) is 3.75. The van der Waals surface area contributed by atoms with Gasteiger partial charge in [-0.1, -0.05) is 32.5 Å². The monoisotopic (exact) mass is 545 g/mol. The summed E-state index contributed by atoms with van der Waals surface area (Å²) in [5, 5.41) is 12.4. The number of hydrogen-bond acceptors (Lipinski definition) is 8. The third-order valence-electron chi connectivity index (χ3n) is 4.38.